The Kier molecular flexibility index (Phi) is 5.37. The Bertz CT molecular complexity index is 258. The van der Waals surface area contributed by atoms with Crippen LogP contribution in [0.5, 0.6) is 0 Å². The van der Waals surface area contributed by atoms with Crippen molar-refractivity contribution < 1.29 is 0 Å². The molecule has 0 saturated heterocycles. The molecule has 0 spiro atoms. The van der Waals surface area contributed by atoms with Gasteiger partial charge in [-0.15, -0.1) is 0 Å². The normalized spacial score (nSPS) is 14.9. The molecule has 2 heteroatoms. The fourth-order valence-corrected chi connectivity index (χ4v) is 1.93. The zero-order valence-corrected chi connectivity index (χ0v) is 9.52. The Hall–Kier alpha value is -0.860. The Labute approximate surface area is 92.7 Å². The summed E-state index contributed by atoms with van der Waals surface area (Å²) in [5.74, 6) is 0.454. The van der Waals surface area contributed by atoms with E-state index in [1.165, 1.54) is 5.56 Å². The zero-order chi connectivity index (χ0) is 11.1. The first-order valence-corrected chi connectivity index (χ1v) is 5.77. The highest BCUT2D eigenvalue weighted by molar-refractivity contribution is 5.16. The van der Waals surface area contributed by atoms with E-state index in [1.807, 2.05) is 6.07 Å². The molecule has 4 N–H and O–H groups in total. The van der Waals surface area contributed by atoms with Crippen LogP contribution in [0, 0.1) is 5.92 Å². The summed E-state index contributed by atoms with van der Waals surface area (Å²) >= 11 is 0. The van der Waals surface area contributed by atoms with Crippen molar-refractivity contribution in [2.75, 3.05) is 6.54 Å². The van der Waals surface area contributed by atoms with Crippen LogP contribution in [-0.2, 0) is 6.42 Å². The molecule has 0 aliphatic rings. The van der Waals surface area contributed by atoms with Crippen molar-refractivity contribution in [2.24, 2.45) is 17.4 Å². The fraction of sp³-hybridized carbons (Fsp3) is 0.538. The van der Waals surface area contributed by atoms with E-state index in [0.29, 0.717) is 12.5 Å². The van der Waals surface area contributed by atoms with E-state index in [2.05, 4.69) is 31.2 Å². The lowest BCUT2D eigenvalue weighted by Crippen LogP contribution is -2.36. The SMILES string of the molecule is CCCC(CN)C(N)Cc1ccccc1. The molecule has 0 bridgehead atoms. The number of hydrogen-bond acceptors (Lipinski definition) is 2. The smallest absolute Gasteiger partial charge is 0.0120 e. The average Bonchev–Trinajstić information content (AvgIpc) is 2.27. The summed E-state index contributed by atoms with van der Waals surface area (Å²) in [6, 6.07) is 10.6. The molecule has 84 valence electrons. The highest BCUT2D eigenvalue weighted by Crippen LogP contribution is 2.13. The van der Waals surface area contributed by atoms with Crippen molar-refractivity contribution in [3.8, 4) is 0 Å². The standard InChI is InChI=1S/C13H22N2/c1-2-6-12(10-14)13(15)9-11-7-4-3-5-8-11/h3-5,7-8,12-13H,2,6,9-10,14-15H2,1H3. The maximum Gasteiger partial charge on any atom is 0.0120 e. The Balaban J connectivity index is 2.50. The third-order valence-corrected chi connectivity index (χ3v) is 2.88. The topological polar surface area (TPSA) is 52.0 Å². The van der Waals surface area contributed by atoms with Crippen LogP contribution in [0.2, 0.25) is 0 Å². The van der Waals surface area contributed by atoms with Gasteiger partial charge in [-0.3, -0.25) is 0 Å². The molecule has 0 aliphatic carbocycles. The number of benzene rings is 1. The van der Waals surface area contributed by atoms with Gasteiger partial charge in [0.05, 0.1) is 0 Å². The van der Waals surface area contributed by atoms with E-state index < -0.39 is 0 Å². The van der Waals surface area contributed by atoms with E-state index in [9.17, 15) is 0 Å². The first-order valence-electron chi connectivity index (χ1n) is 5.77. The van der Waals surface area contributed by atoms with Gasteiger partial charge in [0.25, 0.3) is 0 Å². The molecule has 1 aromatic carbocycles. The second kappa shape index (κ2) is 6.59. The summed E-state index contributed by atoms with van der Waals surface area (Å²) in [5.41, 5.74) is 13.2. The molecule has 0 amide bonds. The molecule has 2 atom stereocenters. The van der Waals surface area contributed by atoms with E-state index in [1.54, 1.807) is 0 Å². The fourth-order valence-electron chi connectivity index (χ4n) is 1.93. The predicted molar refractivity (Wildman–Crippen MR) is 65.6 cm³/mol. The van der Waals surface area contributed by atoms with Crippen LogP contribution in [0.3, 0.4) is 0 Å². The summed E-state index contributed by atoms with van der Waals surface area (Å²) < 4.78 is 0. The van der Waals surface area contributed by atoms with Crippen molar-refractivity contribution in [2.45, 2.75) is 32.2 Å². The Morgan fingerprint density at radius 3 is 2.40 bits per heavy atom. The van der Waals surface area contributed by atoms with Crippen LogP contribution in [0.1, 0.15) is 25.3 Å². The molecule has 0 saturated carbocycles. The molecule has 0 aliphatic heterocycles. The quantitative estimate of drug-likeness (QED) is 0.747. The van der Waals surface area contributed by atoms with E-state index in [-0.39, 0.29) is 6.04 Å². The average molecular weight is 206 g/mol. The number of rotatable bonds is 6. The lowest BCUT2D eigenvalue weighted by molar-refractivity contribution is 0.396. The first kappa shape index (κ1) is 12.2. The van der Waals surface area contributed by atoms with Gasteiger partial charge in [-0.05, 0) is 30.9 Å². The molecular weight excluding hydrogens is 184 g/mol. The van der Waals surface area contributed by atoms with Gasteiger partial charge in [-0.25, -0.2) is 0 Å². The van der Waals surface area contributed by atoms with Crippen molar-refractivity contribution in [1.82, 2.24) is 0 Å². The molecule has 15 heavy (non-hydrogen) atoms. The van der Waals surface area contributed by atoms with Crippen LogP contribution < -0.4 is 11.5 Å². The summed E-state index contributed by atoms with van der Waals surface area (Å²) in [7, 11) is 0. The van der Waals surface area contributed by atoms with Crippen LogP contribution in [-0.4, -0.2) is 12.6 Å². The highest BCUT2D eigenvalue weighted by atomic mass is 14.7. The molecule has 0 aromatic heterocycles. The van der Waals surface area contributed by atoms with Gasteiger partial charge in [-0.2, -0.15) is 0 Å². The second-order valence-electron chi connectivity index (χ2n) is 4.14. The number of nitrogens with two attached hydrogens (primary N) is 2. The molecule has 0 radical (unpaired) electrons. The summed E-state index contributed by atoms with van der Waals surface area (Å²) in [5, 5.41) is 0. The van der Waals surface area contributed by atoms with Gasteiger partial charge in [0.1, 0.15) is 0 Å². The largest absolute Gasteiger partial charge is 0.330 e. The zero-order valence-electron chi connectivity index (χ0n) is 9.52. The number of hydrogen-bond donors (Lipinski definition) is 2. The monoisotopic (exact) mass is 206 g/mol. The third kappa shape index (κ3) is 4.02. The van der Waals surface area contributed by atoms with Crippen molar-refractivity contribution in [3.05, 3.63) is 35.9 Å². The third-order valence-electron chi connectivity index (χ3n) is 2.88. The molecule has 1 aromatic rings. The lowest BCUT2D eigenvalue weighted by Gasteiger charge is -2.21. The molecule has 1 rings (SSSR count). The first-order chi connectivity index (χ1) is 7.27. The molecular formula is C13H22N2. The van der Waals surface area contributed by atoms with E-state index in [4.69, 9.17) is 11.5 Å². The van der Waals surface area contributed by atoms with E-state index in [0.717, 1.165) is 19.3 Å². The van der Waals surface area contributed by atoms with Gasteiger partial charge in [-0.1, -0.05) is 43.7 Å². The van der Waals surface area contributed by atoms with Crippen molar-refractivity contribution >= 4 is 0 Å². The maximum atomic E-state index is 6.17. The van der Waals surface area contributed by atoms with Gasteiger partial charge < -0.3 is 11.5 Å². The van der Waals surface area contributed by atoms with Crippen LogP contribution in [0.15, 0.2) is 30.3 Å². The second-order valence-corrected chi connectivity index (χ2v) is 4.14. The van der Waals surface area contributed by atoms with Crippen LogP contribution in [0.4, 0.5) is 0 Å². The van der Waals surface area contributed by atoms with Crippen molar-refractivity contribution in [3.63, 3.8) is 0 Å². The summed E-state index contributed by atoms with van der Waals surface area (Å²) in [6.45, 7) is 2.87. The highest BCUT2D eigenvalue weighted by Gasteiger charge is 2.15. The van der Waals surface area contributed by atoms with Gasteiger partial charge in [0, 0.05) is 6.04 Å². The molecule has 0 heterocycles. The van der Waals surface area contributed by atoms with Gasteiger partial charge in [0.2, 0.25) is 0 Å². The minimum absolute atomic E-state index is 0.192. The van der Waals surface area contributed by atoms with Crippen molar-refractivity contribution in [1.29, 1.82) is 0 Å². The van der Waals surface area contributed by atoms with Gasteiger partial charge in [0.15, 0.2) is 0 Å². The predicted octanol–water partition coefficient (Wildman–Crippen LogP) is 1.93. The molecule has 2 nitrogen and oxygen atoms in total. The Morgan fingerprint density at radius 2 is 1.87 bits per heavy atom. The summed E-state index contributed by atoms with van der Waals surface area (Å²) in [6.07, 6.45) is 3.22. The molecule has 2 unspecified atom stereocenters. The van der Waals surface area contributed by atoms with E-state index >= 15 is 0 Å². The minimum Gasteiger partial charge on any atom is -0.330 e. The maximum absolute atomic E-state index is 6.17. The lowest BCUT2D eigenvalue weighted by atomic mass is 9.91. The van der Waals surface area contributed by atoms with Crippen LogP contribution >= 0.6 is 0 Å². The Morgan fingerprint density at radius 1 is 1.20 bits per heavy atom. The summed E-state index contributed by atoms with van der Waals surface area (Å²) in [4.78, 5) is 0. The minimum atomic E-state index is 0.192. The van der Waals surface area contributed by atoms with Gasteiger partial charge >= 0.3 is 0 Å². The molecule has 0 fully saturated rings. The van der Waals surface area contributed by atoms with Crippen LogP contribution in [0.25, 0.3) is 0 Å².